The van der Waals surface area contributed by atoms with Gasteiger partial charge in [0.2, 0.25) is 15.9 Å². The molecule has 0 heterocycles. The second kappa shape index (κ2) is 9.34. The van der Waals surface area contributed by atoms with Crippen molar-refractivity contribution in [2.45, 2.75) is 11.4 Å². The lowest BCUT2D eigenvalue weighted by Gasteiger charge is -2.16. The quantitative estimate of drug-likeness (QED) is 0.463. The summed E-state index contributed by atoms with van der Waals surface area (Å²) in [4.78, 5) is 22.7. The molecule has 0 saturated carbocycles. The van der Waals surface area contributed by atoms with Gasteiger partial charge in [-0.1, -0.05) is 18.2 Å². The Balaban J connectivity index is 2.06. The summed E-state index contributed by atoms with van der Waals surface area (Å²) in [5, 5.41) is 16.3. The topological polar surface area (TPSA) is 131 Å². The lowest BCUT2D eigenvalue weighted by atomic mass is 10.2. The van der Waals surface area contributed by atoms with E-state index in [-0.39, 0.29) is 23.7 Å². The van der Waals surface area contributed by atoms with Crippen molar-refractivity contribution in [1.29, 1.82) is 0 Å². The third kappa shape index (κ3) is 5.42. The summed E-state index contributed by atoms with van der Waals surface area (Å²) in [6, 6.07) is 10.4. The Morgan fingerprint density at radius 2 is 1.90 bits per heavy atom. The molecule has 2 aromatic rings. The molecule has 11 heteroatoms. The van der Waals surface area contributed by atoms with Gasteiger partial charge in [0.05, 0.1) is 29.2 Å². The van der Waals surface area contributed by atoms with Gasteiger partial charge in [-0.05, 0) is 17.7 Å². The second-order valence-corrected chi connectivity index (χ2v) is 8.29. The molecule has 29 heavy (non-hydrogen) atoms. The van der Waals surface area contributed by atoms with Crippen molar-refractivity contribution in [3.8, 4) is 5.75 Å². The summed E-state index contributed by atoms with van der Waals surface area (Å²) < 4.78 is 31.0. The van der Waals surface area contributed by atoms with E-state index < -0.39 is 20.9 Å². The first-order valence-corrected chi connectivity index (χ1v) is 9.94. The van der Waals surface area contributed by atoms with E-state index >= 15 is 0 Å². The Hall–Kier alpha value is -3.18. The Bertz CT molecular complexity index is 1010. The molecule has 2 aromatic carbocycles. The number of sulfonamides is 1. The number of non-ortho nitro benzene ring substituents is 1. The molecule has 156 valence electrons. The van der Waals surface area contributed by atoms with Crippen LogP contribution in [0.4, 0.5) is 11.4 Å². The molecule has 0 atom stereocenters. The fourth-order valence-corrected chi connectivity index (χ4v) is 3.59. The second-order valence-electron chi connectivity index (χ2n) is 6.17. The summed E-state index contributed by atoms with van der Waals surface area (Å²) in [6.07, 6.45) is 0. The maximum absolute atomic E-state index is 12.4. The molecule has 1 amide bonds. The van der Waals surface area contributed by atoms with E-state index in [0.29, 0.717) is 17.0 Å². The van der Waals surface area contributed by atoms with Crippen molar-refractivity contribution in [3.05, 3.63) is 58.1 Å². The fraction of sp³-hybridized carbons (Fsp3) is 0.278. The van der Waals surface area contributed by atoms with Crippen LogP contribution in [0.15, 0.2) is 47.4 Å². The van der Waals surface area contributed by atoms with Crippen molar-refractivity contribution < 1.29 is 22.9 Å². The van der Waals surface area contributed by atoms with E-state index in [0.717, 1.165) is 4.31 Å². The molecular weight excluding hydrogens is 400 g/mol. The highest BCUT2D eigenvalue weighted by atomic mass is 32.2. The standard InChI is InChI=1S/C18H22N4O6S/c1-21(2)29(26,27)17-7-5-4-6-13(17)11-20-18(23)12-19-15-10-14(22(24)25)8-9-16(15)28-3/h4-10,19H,11-12H2,1-3H3,(H,20,23). The van der Waals surface area contributed by atoms with Gasteiger partial charge in [0.1, 0.15) is 5.75 Å². The summed E-state index contributed by atoms with van der Waals surface area (Å²) in [6.45, 7) is -0.171. The average molecular weight is 422 g/mol. The maximum atomic E-state index is 12.4. The predicted octanol–water partition coefficient (Wildman–Crippen LogP) is 1.58. The Kier molecular flexibility index (Phi) is 7.13. The van der Waals surface area contributed by atoms with Gasteiger partial charge < -0.3 is 15.4 Å². The largest absolute Gasteiger partial charge is 0.495 e. The summed E-state index contributed by atoms with van der Waals surface area (Å²) in [5.41, 5.74) is 0.603. The van der Waals surface area contributed by atoms with Crippen LogP contribution in [0, 0.1) is 10.1 Å². The third-order valence-electron chi connectivity index (χ3n) is 4.04. The number of hydrogen-bond donors (Lipinski definition) is 2. The molecule has 0 aliphatic heterocycles. The van der Waals surface area contributed by atoms with E-state index in [2.05, 4.69) is 10.6 Å². The van der Waals surface area contributed by atoms with Crippen LogP contribution in [-0.4, -0.2) is 51.3 Å². The van der Waals surface area contributed by atoms with Crippen LogP contribution in [0.1, 0.15) is 5.56 Å². The maximum Gasteiger partial charge on any atom is 0.271 e. The van der Waals surface area contributed by atoms with Gasteiger partial charge in [-0.3, -0.25) is 14.9 Å². The van der Waals surface area contributed by atoms with Crippen molar-refractivity contribution in [1.82, 2.24) is 9.62 Å². The Morgan fingerprint density at radius 3 is 2.52 bits per heavy atom. The molecule has 0 saturated heterocycles. The van der Waals surface area contributed by atoms with E-state index in [1.165, 1.54) is 45.5 Å². The molecule has 0 unspecified atom stereocenters. The number of benzene rings is 2. The van der Waals surface area contributed by atoms with Gasteiger partial charge in [-0.25, -0.2) is 12.7 Å². The van der Waals surface area contributed by atoms with Gasteiger partial charge in [-0.2, -0.15) is 0 Å². The molecular formula is C18H22N4O6S. The number of ether oxygens (including phenoxy) is 1. The van der Waals surface area contributed by atoms with Crippen LogP contribution < -0.4 is 15.4 Å². The number of nitro benzene ring substituents is 1. The van der Waals surface area contributed by atoms with Crippen molar-refractivity contribution in [2.24, 2.45) is 0 Å². The summed E-state index contributed by atoms with van der Waals surface area (Å²) >= 11 is 0. The molecule has 0 aliphatic rings. The number of nitro groups is 1. The molecule has 0 aromatic heterocycles. The summed E-state index contributed by atoms with van der Waals surface area (Å²) in [7, 11) is 0.628. The molecule has 0 aliphatic carbocycles. The molecule has 2 rings (SSSR count). The molecule has 10 nitrogen and oxygen atoms in total. The molecule has 2 N–H and O–H groups in total. The average Bonchev–Trinajstić information content (AvgIpc) is 2.70. The number of nitrogens with one attached hydrogen (secondary N) is 2. The first-order valence-electron chi connectivity index (χ1n) is 8.50. The minimum Gasteiger partial charge on any atom is -0.495 e. The molecule has 0 radical (unpaired) electrons. The van der Waals surface area contributed by atoms with E-state index in [9.17, 15) is 23.3 Å². The van der Waals surface area contributed by atoms with Crippen LogP contribution in [0.5, 0.6) is 5.75 Å². The Labute approximate surface area is 168 Å². The summed E-state index contributed by atoms with van der Waals surface area (Å²) in [5.74, 6) is -0.0681. The number of methoxy groups -OCH3 is 1. The monoisotopic (exact) mass is 422 g/mol. The first-order chi connectivity index (χ1) is 13.7. The van der Waals surface area contributed by atoms with E-state index in [4.69, 9.17) is 4.74 Å². The highest BCUT2D eigenvalue weighted by molar-refractivity contribution is 7.89. The zero-order chi connectivity index (χ0) is 21.6. The highest BCUT2D eigenvalue weighted by Crippen LogP contribution is 2.28. The lowest BCUT2D eigenvalue weighted by Crippen LogP contribution is -2.31. The zero-order valence-electron chi connectivity index (χ0n) is 16.2. The number of hydrogen-bond acceptors (Lipinski definition) is 7. The molecule has 0 spiro atoms. The van der Waals surface area contributed by atoms with E-state index in [1.54, 1.807) is 18.2 Å². The van der Waals surface area contributed by atoms with Crippen LogP contribution in [0.3, 0.4) is 0 Å². The smallest absolute Gasteiger partial charge is 0.271 e. The van der Waals surface area contributed by atoms with Crippen molar-refractivity contribution in [3.63, 3.8) is 0 Å². The number of amides is 1. The highest BCUT2D eigenvalue weighted by Gasteiger charge is 2.21. The predicted molar refractivity (Wildman–Crippen MR) is 107 cm³/mol. The van der Waals surface area contributed by atoms with Crippen molar-refractivity contribution in [2.75, 3.05) is 33.1 Å². The Morgan fingerprint density at radius 1 is 1.21 bits per heavy atom. The van der Waals surface area contributed by atoms with Crippen LogP contribution in [0.25, 0.3) is 0 Å². The normalized spacial score (nSPS) is 11.2. The van der Waals surface area contributed by atoms with Crippen LogP contribution in [0.2, 0.25) is 0 Å². The number of carbonyl (C=O) groups excluding carboxylic acids is 1. The van der Waals surface area contributed by atoms with Gasteiger partial charge in [0.15, 0.2) is 0 Å². The van der Waals surface area contributed by atoms with E-state index in [1.807, 2.05) is 0 Å². The third-order valence-corrected chi connectivity index (χ3v) is 5.96. The first kappa shape index (κ1) is 22.1. The number of rotatable bonds is 9. The van der Waals surface area contributed by atoms with Crippen LogP contribution >= 0.6 is 0 Å². The van der Waals surface area contributed by atoms with Gasteiger partial charge in [-0.15, -0.1) is 0 Å². The molecule has 0 bridgehead atoms. The molecule has 0 fully saturated rings. The minimum atomic E-state index is -3.65. The van der Waals surface area contributed by atoms with Gasteiger partial charge >= 0.3 is 0 Å². The van der Waals surface area contributed by atoms with Crippen molar-refractivity contribution >= 4 is 27.3 Å². The number of carbonyl (C=O) groups is 1. The van der Waals surface area contributed by atoms with Crippen LogP contribution in [-0.2, 0) is 21.4 Å². The zero-order valence-corrected chi connectivity index (χ0v) is 17.0. The lowest BCUT2D eigenvalue weighted by molar-refractivity contribution is -0.384. The number of anilines is 1. The minimum absolute atomic E-state index is 0.00975. The van der Waals surface area contributed by atoms with Gasteiger partial charge in [0.25, 0.3) is 5.69 Å². The fourth-order valence-electron chi connectivity index (χ4n) is 2.48. The number of nitrogens with zero attached hydrogens (tertiary/aromatic N) is 2. The SMILES string of the molecule is COc1ccc([N+](=O)[O-])cc1NCC(=O)NCc1ccccc1S(=O)(=O)N(C)C. The van der Waals surface area contributed by atoms with Gasteiger partial charge in [0, 0.05) is 32.8 Å².